The summed E-state index contributed by atoms with van der Waals surface area (Å²) in [7, 11) is 0. The predicted molar refractivity (Wildman–Crippen MR) is 96.5 cm³/mol. The number of piperidine rings is 1. The zero-order valence-electron chi connectivity index (χ0n) is 14.9. The number of rotatable bonds is 2. The topological polar surface area (TPSA) is 57.7 Å². The number of hydrogen-bond acceptors (Lipinski definition) is 3. The van der Waals surface area contributed by atoms with Gasteiger partial charge in [0.1, 0.15) is 0 Å². The van der Waals surface area contributed by atoms with Crippen LogP contribution in [0.5, 0.6) is 0 Å². The SMILES string of the molecule is O=C(c1ccc(N2C(=O)[C@H]3[C@@H]4CC[C@@H](C4)[C@@H]3C2=O)cc1)N1CCCCC1. The van der Waals surface area contributed by atoms with Crippen molar-refractivity contribution in [2.45, 2.75) is 38.5 Å². The van der Waals surface area contributed by atoms with Gasteiger partial charge < -0.3 is 4.90 Å². The highest BCUT2D eigenvalue weighted by molar-refractivity contribution is 6.22. The number of fused-ring (bicyclic) bond motifs is 5. The van der Waals surface area contributed by atoms with E-state index in [9.17, 15) is 14.4 Å². The number of hydrogen-bond donors (Lipinski definition) is 0. The van der Waals surface area contributed by atoms with Crippen molar-refractivity contribution in [1.82, 2.24) is 4.90 Å². The first-order chi connectivity index (χ1) is 12.6. The van der Waals surface area contributed by atoms with Crippen LogP contribution in [-0.2, 0) is 9.59 Å². The molecule has 5 nitrogen and oxygen atoms in total. The molecule has 2 aliphatic carbocycles. The molecule has 4 atom stereocenters. The third-order valence-electron chi connectivity index (χ3n) is 6.94. The van der Waals surface area contributed by atoms with Gasteiger partial charge in [-0.1, -0.05) is 0 Å². The second-order valence-electron chi connectivity index (χ2n) is 8.30. The maximum atomic E-state index is 12.9. The summed E-state index contributed by atoms with van der Waals surface area (Å²) in [6.45, 7) is 1.63. The van der Waals surface area contributed by atoms with E-state index in [1.54, 1.807) is 24.3 Å². The van der Waals surface area contributed by atoms with Crippen LogP contribution >= 0.6 is 0 Å². The van der Waals surface area contributed by atoms with Crippen molar-refractivity contribution in [3.8, 4) is 0 Å². The molecule has 4 fully saturated rings. The van der Waals surface area contributed by atoms with E-state index in [1.165, 1.54) is 11.3 Å². The second-order valence-corrected chi connectivity index (χ2v) is 8.30. The smallest absolute Gasteiger partial charge is 0.253 e. The fourth-order valence-electron chi connectivity index (χ4n) is 5.70. The van der Waals surface area contributed by atoms with E-state index in [0.29, 0.717) is 23.1 Å². The third kappa shape index (κ3) is 2.25. The van der Waals surface area contributed by atoms with E-state index in [2.05, 4.69) is 0 Å². The number of amides is 3. The van der Waals surface area contributed by atoms with E-state index in [1.807, 2.05) is 4.90 Å². The molecule has 0 aromatic heterocycles. The normalized spacial score (nSPS) is 33.1. The molecule has 1 aromatic rings. The lowest BCUT2D eigenvalue weighted by molar-refractivity contribution is -0.123. The minimum atomic E-state index is -0.101. The first kappa shape index (κ1) is 16.0. The molecule has 2 aliphatic heterocycles. The van der Waals surface area contributed by atoms with Gasteiger partial charge in [-0.3, -0.25) is 19.3 Å². The Labute approximate surface area is 153 Å². The highest BCUT2D eigenvalue weighted by Crippen LogP contribution is 2.56. The van der Waals surface area contributed by atoms with Crippen molar-refractivity contribution in [3.05, 3.63) is 29.8 Å². The molecule has 4 aliphatic rings. The van der Waals surface area contributed by atoms with Gasteiger partial charge in [-0.2, -0.15) is 0 Å². The Bertz CT molecular complexity index is 738. The molecule has 2 saturated heterocycles. The third-order valence-corrected chi connectivity index (χ3v) is 6.94. The van der Waals surface area contributed by atoms with Crippen LogP contribution in [0.3, 0.4) is 0 Å². The summed E-state index contributed by atoms with van der Waals surface area (Å²) >= 11 is 0. The zero-order chi connectivity index (χ0) is 17.8. The monoisotopic (exact) mass is 352 g/mol. The summed E-state index contributed by atoms with van der Waals surface area (Å²) in [5.74, 6) is 0.583. The summed E-state index contributed by atoms with van der Waals surface area (Å²) in [4.78, 5) is 41.6. The highest BCUT2D eigenvalue weighted by Gasteiger charge is 2.61. The van der Waals surface area contributed by atoms with Gasteiger partial charge in [-0.25, -0.2) is 0 Å². The van der Waals surface area contributed by atoms with Crippen LogP contribution in [0, 0.1) is 23.7 Å². The molecule has 1 aromatic carbocycles. The fourth-order valence-corrected chi connectivity index (χ4v) is 5.70. The fraction of sp³-hybridized carbons (Fsp3) is 0.571. The largest absolute Gasteiger partial charge is 0.339 e. The van der Waals surface area contributed by atoms with E-state index in [-0.39, 0.29) is 29.6 Å². The molecule has 0 spiro atoms. The molecule has 0 radical (unpaired) electrons. The average Bonchev–Trinajstić information content (AvgIpc) is 3.36. The van der Waals surface area contributed by atoms with Crippen LogP contribution in [0.25, 0.3) is 0 Å². The van der Waals surface area contributed by atoms with Gasteiger partial charge in [-0.05, 0) is 74.6 Å². The lowest BCUT2D eigenvalue weighted by Crippen LogP contribution is -2.35. The Morgan fingerprint density at radius 2 is 1.42 bits per heavy atom. The number of carbonyl (C=O) groups excluding carboxylic acids is 3. The molecule has 5 rings (SSSR count). The van der Waals surface area contributed by atoms with Crippen molar-refractivity contribution >= 4 is 23.4 Å². The minimum Gasteiger partial charge on any atom is -0.339 e. The summed E-state index contributed by atoms with van der Waals surface area (Å²) in [5.41, 5.74) is 1.25. The van der Waals surface area contributed by atoms with E-state index in [4.69, 9.17) is 0 Å². The van der Waals surface area contributed by atoms with Crippen LogP contribution in [0.1, 0.15) is 48.9 Å². The van der Waals surface area contributed by atoms with Gasteiger partial charge >= 0.3 is 0 Å². The van der Waals surface area contributed by atoms with Crippen LogP contribution in [0.4, 0.5) is 5.69 Å². The summed E-state index contributed by atoms with van der Waals surface area (Å²) in [6, 6.07) is 7.04. The minimum absolute atomic E-state index is 0.0256. The molecule has 0 unspecified atom stereocenters. The second kappa shape index (κ2) is 5.93. The lowest BCUT2D eigenvalue weighted by Gasteiger charge is -2.27. The quantitative estimate of drug-likeness (QED) is 0.769. The van der Waals surface area contributed by atoms with E-state index in [0.717, 1.165) is 45.2 Å². The van der Waals surface area contributed by atoms with Crippen molar-refractivity contribution in [1.29, 1.82) is 0 Å². The lowest BCUT2D eigenvalue weighted by atomic mass is 9.81. The molecule has 2 heterocycles. The van der Waals surface area contributed by atoms with Crippen molar-refractivity contribution in [3.63, 3.8) is 0 Å². The first-order valence-electron chi connectivity index (χ1n) is 9.92. The van der Waals surface area contributed by atoms with Gasteiger partial charge in [0.25, 0.3) is 5.91 Å². The Balaban J connectivity index is 1.37. The zero-order valence-corrected chi connectivity index (χ0v) is 14.9. The molecule has 26 heavy (non-hydrogen) atoms. The van der Waals surface area contributed by atoms with Crippen molar-refractivity contribution in [2.75, 3.05) is 18.0 Å². The molecular formula is C21H24N2O3. The molecule has 2 bridgehead atoms. The molecule has 5 heteroatoms. The Kier molecular flexibility index (Phi) is 3.66. The van der Waals surface area contributed by atoms with Gasteiger partial charge in [0.2, 0.25) is 11.8 Å². The predicted octanol–water partition coefficient (Wildman–Crippen LogP) is 2.85. The standard InChI is InChI=1S/C21H24N2O3/c24-19(22-10-2-1-3-11-22)13-6-8-16(9-7-13)23-20(25)17-14-4-5-15(12-14)18(17)21(23)26/h6-9,14-15,17-18H,1-5,10-12H2/t14-,15+,17-,18-/m0/s1. The maximum absolute atomic E-state index is 12.9. The molecule has 2 saturated carbocycles. The van der Waals surface area contributed by atoms with Crippen LogP contribution < -0.4 is 4.90 Å². The van der Waals surface area contributed by atoms with Crippen LogP contribution in [0.2, 0.25) is 0 Å². The van der Waals surface area contributed by atoms with Crippen LogP contribution in [-0.4, -0.2) is 35.7 Å². The van der Waals surface area contributed by atoms with Gasteiger partial charge in [0, 0.05) is 18.7 Å². The summed E-state index contributed by atoms with van der Waals surface area (Å²) in [6.07, 6.45) is 6.53. The Morgan fingerprint density at radius 3 is 2.00 bits per heavy atom. The highest BCUT2D eigenvalue weighted by atomic mass is 16.2. The molecule has 0 N–H and O–H groups in total. The van der Waals surface area contributed by atoms with Crippen LogP contribution in [0.15, 0.2) is 24.3 Å². The summed E-state index contributed by atoms with van der Waals surface area (Å²) < 4.78 is 0. The van der Waals surface area contributed by atoms with Gasteiger partial charge in [0.05, 0.1) is 17.5 Å². The van der Waals surface area contributed by atoms with E-state index < -0.39 is 0 Å². The van der Waals surface area contributed by atoms with Crippen molar-refractivity contribution < 1.29 is 14.4 Å². The summed E-state index contributed by atoms with van der Waals surface area (Å²) in [5, 5.41) is 0. The number of anilines is 1. The number of nitrogens with zero attached hydrogens (tertiary/aromatic N) is 2. The Morgan fingerprint density at radius 1 is 0.846 bits per heavy atom. The number of benzene rings is 1. The first-order valence-corrected chi connectivity index (χ1v) is 9.92. The van der Waals surface area contributed by atoms with E-state index >= 15 is 0 Å². The number of likely N-dealkylation sites (tertiary alicyclic amines) is 1. The van der Waals surface area contributed by atoms with Gasteiger partial charge in [-0.15, -0.1) is 0 Å². The molecule has 3 amide bonds. The molecular weight excluding hydrogens is 328 g/mol. The maximum Gasteiger partial charge on any atom is 0.253 e. The van der Waals surface area contributed by atoms with Gasteiger partial charge in [0.15, 0.2) is 0 Å². The average molecular weight is 352 g/mol. The number of carbonyl (C=O) groups is 3. The molecule has 136 valence electrons. The van der Waals surface area contributed by atoms with Crippen molar-refractivity contribution in [2.24, 2.45) is 23.7 Å². The number of imide groups is 1. The Hall–Kier alpha value is -2.17.